The predicted octanol–water partition coefficient (Wildman–Crippen LogP) is 5.47. The highest BCUT2D eigenvalue weighted by atomic mass is 16.5. The van der Waals surface area contributed by atoms with Crippen molar-refractivity contribution in [2.24, 2.45) is 0 Å². The van der Waals surface area contributed by atoms with Gasteiger partial charge in [0, 0.05) is 0 Å². The first-order chi connectivity index (χ1) is 12.3. The normalized spacial score (nSPS) is 11.4. The number of phenols is 2. The fraction of sp³-hybridized carbons (Fsp3) is 0.435. The van der Waals surface area contributed by atoms with E-state index >= 15 is 0 Å². The van der Waals surface area contributed by atoms with Gasteiger partial charge in [0.25, 0.3) is 0 Å². The fourth-order valence-electron chi connectivity index (χ4n) is 2.64. The Morgan fingerprint density at radius 2 is 1.26 bits per heavy atom. The van der Waals surface area contributed by atoms with Crippen LogP contribution < -0.4 is 0 Å². The summed E-state index contributed by atoms with van der Waals surface area (Å²) < 4.78 is 4.46. The van der Waals surface area contributed by atoms with Gasteiger partial charge in [0.05, 0.1) is 12.7 Å². The zero-order valence-electron chi connectivity index (χ0n) is 17.7. The number of methoxy groups -OCH3 is 1. The molecule has 0 radical (unpaired) electrons. The SMILES string of the molecule is COC(=O)c1ccc(O)cc1.Cc1cc(C(C)(C)C)c(O)c(C(C)(C)C)c1. The Balaban J connectivity index is 0.000000289. The molecule has 0 fully saturated rings. The average molecular weight is 373 g/mol. The summed E-state index contributed by atoms with van der Waals surface area (Å²) in [7, 11) is 1.31. The summed E-state index contributed by atoms with van der Waals surface area (Å²) in [6.45, 7) is 14.9. The molecule has 4 nitrogen and oxygen atoms in total. The van der Waals surface area contributed by atoms with Crippen LogP contribution >= 0.6 is 0 Å². The first-order valence-electron chi connectivity index (χ1n) is 8.99. The molecule has 0 spiro atoms. The Morgan fingerprint density at radius 3 is 1.59 bits per heavy atom. The van der Waals surface area contributed by atoms with Crippen molar-refractivity contribution in [3.8, 4) is 11.5 Å². The Hall–Kier alpha value is -2.49. The number of hydrogen-bond acceptors (Lipinski definition) is 4. The molecule has 0 aliphatic rings. The van der Waals surface area contributed by atoms with Crippen LogP contribution in [0.25, 0.3) is 0 Å². The molecular weight excluding hydrogens is 340 g/mol. The van der Waals surface area contributed by atoms with Gasteiger partial charge in [0.15, 0.2) is 0 Å². The number of ether oxygens (including phenoxy) is 1. The number of aromatic hydroxyl groups is 2. The standard InChI is InChI=1S/C15H24O.C8H8O3/c1-10-8-11(14(2,3)4)13(16)12(9-10)15(5,6)7;1-11-8(10)6-2-4-7(9)5-3-6/h8-9,16H,1-7H3;2-5,9H,1H3. The smallest absolute Gasteiger partial charge is 0.337 e. The van der Waals surface area contributed by atoms with Crippen LogP contribution in [-0.4, -0.2) is 23.3 Å². The van der Waals surface area contributed by atoms with Gasteiger partial charge >= 0.3 is 5.97 Å². The minimum atomic E-state index is -0.398. The third-order valence-electron chi connectivity index (χ3n) is 4.16. The fourth-order valence-corrected chi connectivity index (χ4v) is 2.64. The molecule has 0 saturated carbocycles. The van der Waals surface area contributed by atoms with Crippen LogP contribution in [-0.2, 0) is 15.6 Å². The molecule has 0 atom stereocenters. The Morgan fingerprint density at radius 1 is 0.852 bits per heavy atom. The third kappa shape index (κ3) is 6.31. The minimum absolute atomic E-state index is 0.0178. The van der Waals surface area contributed by atoms with Gasteiger partial charge in [-0.1, -0.05) is 59.2 Å². The quantitative estimate of drug-likeness (QED) is 0.651. The molecule has 148 valence electrons. The van der Waals surface area contributed by atoms with Gasteiger partial charge in [-0.2, -0.15) is 0 Å². The lowest BCUT2D eigenvalue weighted by atomic mass is 9.78. The predicted molar refractivity (Wildman–Crippen MR) is 110 cm³/mol. The van der Waals surface area contributed by atoms with Crippen molar-refractivity contribution >= 4 is 5.97 Å². The first kappa shape index (κ1) is 22.6. The highest BCUT2D eigenvalue weighted by molar-refractivity contribution is 5.89. The molecule has 0 aliphatic carbocycles. The number of hydrogen-bond donors (Lipinski definition) is 2. The molecule has 2 aromatic rings. The Bertz CT molecular complexity index is 741. The molecule has 2 aromatic carbocycles. The van der Waals surface area contributed by atoms with E-state index in [1.165, 1.54) is 36.9 Å². The van der Waals surface area contributed by atoms with Gasteiger partial charge in [-0.05, 0) is 53.1 Å². The maximum absolute atomic E-state index is 10.8. The van der Waals surface area contributed by atoms with E-state index in [-0.39, 0.29) is 16.6 Å². The summed E-state index contributed by atoms with van der Waals surface area (Å²) in [5, 5.41) is 19.2. The lowest BCUT2D eigenvalue weighted by Gasteiger charge is -2.27. The van der Waals surface area contributed by atoms with Crippen LogP contribution in [0.3, 0.4) is 0 Å². The van der Waals surface area contributed by atoms with Gasteiger partial charge in [-0.3, -0.25) is 0 Å². The van der Waals surface area contributed by atoms with Crippen molar-refractivity contribution in [2.45, 2.75) is 59.3 Å². The molecule has 0 heterocycles. The maximum Gasteiger partial charge on any atom is 0.337 e. The highest BCUT2D eigenvalue weighted by Crippen LogP contribution is 2.39. The van der Waals surface area contributed by atoms with E-state index in [2.05, 4.69) is 65.3 Å². The number of aryl methyl sites for hydroxylation is 1. The second-order valence-corrected chi connectivity index (χ2v) is 8.75. The molecule has 0 amide bonds. The van der Waals surface area contributed by atoms with Gasteiger partial charge < -0.3 is 14.9 Å². The van der Waals surface area contributed by atoms with E-state index in [9.17, 15) is 9.90 Å². The van der Waals surface area contributed by atoms with E-state index in [0.717, 1.165) is 11.1 Å². The maximum atomic E-state index is 10.8. The van der Waals surface area contributed by atoms with Crippen molar-refractivity contribution in [1.82, 2.24) is 0 Å². The van der Waals surface area contributed by atoms with Crippen LogP contribution in [0.5, 0.6) is 11.5 Å². The summed E-state index contributed by atoms with van der Waals surface area (Å²) in [6.07, 6.45) is 0. The second-order valence-electron chi connectivity index (χ2n) is 8.75. The number of carbonyl (C=O) groups excluding carboxylic acids is 1. The lowest BCUT2D eigenvalue weighted by Crippen LogP contribution is -2.17. The van der Waals surface area contributed by atoms with Crippen molar-refractivity contribution in [3.05, 3.63) is 58.7 Å². The van der Waals surface area contributed by atoms with Crippen molar-refractivity contribution in [3.63, 3.8) is 0 Å². The monoisotopic (exact) mass is 372 g/mol. The molecule has 0 aromatic heterocycles. The number of benzene rings is 2. The molecule has 2 N–H and O–H groups in total. The molecule has 27 heavy (non-hydrogen) atoms. The van der Waals surface area contributed by atoms with Crippen molar-refractivity contribution < 1.29 is 19.7 Å². The van der Waals surface area contributed by atoms with Crippen LogP contribution in [0.1, 0.15) is 68.6 Å². The number of rotatable bonds is 1. The van der Waals surface area contributed by atoms with E-state index in [1.807, 2.05) is 0 Å². The zero-order chi connectivity index (χ0) is 21.0. The van der Waals surface area contributed by atoms with E-state index in [4.69, 9.17) is 5.11 Å². The molecule has 0 saturated heterocycles. The van der Waals surface area contributed by atoms with Crippen molar-refractivity contribution in [1.29, 1.82) is 0 Å². The molecular formula is C23H32O4. The lowest BCUT2D eigenvalue weighted by molar-refractivity contribution is 0.0600. The minimum Gasteiger partial charge on any atom is -0.508 e. The third-order valence-corrected chi connectivity index (χ3v) is 4.16. The van der Waals surface area contributed by atoms with E-state index < -0.39 is 5.97 Å². The molecule has 2 rings (SSSR count). The molecule has 0 unspecified atom stereocenters. The number of esters is 1. The van der Waals surface area contributed by atoms with E-state index in [0.29, 0.717) is 11.3 Å². The number of carbonyl (C=O) groups is 1. The van der Waals surface area contributed by atoms with Crippen molar-refractivity contribution in [2.75, 3.05) is 7.11 Å². The summed E-state index contributed by atoms with van der Waals surface area (Å²) in [5.74, 6) is 0.202. The molecule has 0 aliphatic heterocycles. The van der Waals surface area contributed by atoms with Gasteiger partial charge in [0.1, 0.15) is 11.5 Å². The van der Waals surface area contributed by atoms with Crippen LogP contribution in [0, 0.1) is 6.92 Å². The van der Waals surface area contributed by atoms with Gasteiger partial charge in [-0.15, -0.1) is 0 Å². The van der Waals surface area contributed by atoms with Crippen LogP contribution in [0.2, 0.25) is 0 Å². The first-order valence-corrected chi connectivity index (χ1v) is 8.99. The zero-order valence-corrected chi connectivity index (χ0v) is 17.7. The van der Waals surface area contributed by atoms with Crippen LogP contribution in [0.4, 0.5) is 0 Å². The Labute approximate surface area is 162 Å². The second kappa shape index (κ2) is 8.47. The summed E-state index contributed by atoms with van der Waals surface area (Å²) in [4.78, 5) is 10.8. The summed E-state index contributed by atoms with van der Waals surface area (Å²) in [5.41, 5.74) is 3.69. The topological polar surface area (TPSA) is 66.8 Å². The average Bonchev–Trinajstić information content (AvgIpc) is 2.55. The van der Waals surface area contributed by atoms with Crippen LogP contribution in [0.15, 0.2) is 36.4 Å². The summed E-state index contributed by atoms with van der Waals surface area (Å²) in [6, 6.07) is 10.1. The summed E-state index contributed by atoms with van der Waals surface area (Å²) >= 11 is 0. The van der Waals surface area contributed by atoms with Gasteiger partial charge in [0.2, 0.25) is 0 Å². The van der Waals surface area contributed by atoms with Gasteiger partial charge in [-0.25, -0.2) is 4.79 Å². The van der Waals surface area contributed by atoms with E-state index in [1.54, 1.807) is 0 Å². The highest BCUT2D eigenvalue weighted by Gasteiger charge is 2.25. The molecule has 0 bridgehead atoms. The number of phenolic OH excluding ortho intramolecular Hbond substituents is 2. The largest absolute Gasteiger partial charge is 0.508 e. The molecule has 4 heteroatoms. The Kier molecular flexibility index (Phi) is 7.07.